The summed E-state index contributed by atoms with van der Waals surface area (Å²) in [6, 6.07) is 6.42. The first kappa shape index (κ1) is 28.3. The summed E-state index contributed by atoms with van der Waals surface area (Å²) in [6.45, 7) is 2.75. The normalized spacial score (nSPS) is 11.8. The molecule has 0 amide bonds. The minimum absolute atomic E-state index is 0.126. The number of halogens is 4. The number of anilines is 2. The summed E-state index contributed by atoms with van der Waals surface area (Å²) in [7, 11) is 0. The highest BCUT2D eigenvalue weighted by Crippen LogP contribution is 2.30. The molecule has 0 aliphatic rings. The van der Waals surface area contributed by atoms with Gasteiger partial charge in [0.1, 0.15) is 17.5 Å². The average molecular weight is 603 g/mol. The van der Waals surface area contributed by atoms with Gasteiger partial charge in [-0.25, -0.2) is 32.9 Å². The highest BCUT2D eigenvalue weighted by Gasteiger charge is 2.20. The molecule has 3 aromatic heterocycles. The maximum Gasteiger partial charge on any atom is 0.355 e. The Bertz CT molecular complexity index is 1880. The van der Waals surface area contributed by atoms with Gasteiger partial charge >= 0.3 is 11.4 Å². The van der Waals surface area contributed by atoms with Crippen molar-refractivity contribution in [2.24, 2.45) is 0 Å². The predicted octanol–water partition coefficient (Wildman–Crippen LogP) is 3.74. The molecule has 0 aliphatic heterocycles. The number of fused-ring (bicyclic) bond motifs is 1. The first-order chi connectivity index (χ1) is 19.4. The van der Waals surface area contributed by atoms with Crippen LogP contribution in [0.3, 0.4) is 0 Å². The van der Waals surface area contributed by atoms with Crippen LogP contribution in [-0.4, -0.2) is 44.6 Å². The van der Waals surface area contributed by atoms with Crippen molar-refractivity contribution in [2.75, 3.05) is 5.32 Å². The van der Waals surface area contributed by atoms with Gasteiger partial charge in [-0.1, -0.05) is 23.2 Å². The Morgan fingerprint density at radius 3 is 2.41 bits per heavy atom. The molecule has 0 aliphatic carbocycles. The van der Waals surface area contributed by atoms with Crippen molar-refractivity contribution in [3.63, 3.8) is 0 Å². The molecule has 0 saturated carbocycles. The van der Waals surface area contributed by atoms with Crippen molar-refractivity contribution >= 4 is 45.7 Å². The highest BCUT2D eigenvalue weighted by atomic mass is 35.5. The number of aliphatic hydroxyl groups is 1. The van der Waals surface area contributed by atoms with Gasteiger partial charge in [0.25, 0.3) is 0 Å². The van der Waals surface area contributed by atoms with Crippen molar-refractivity contribution in [2.45, 2.75) is 39.1 Å². The Morgan fingerprint density at radius 1 is 0.976 bits per heavy atom. The standard InChI is InChI=1S/C26H22Cl2F2N8O3/c1-26(2,41)13-36-10-15-7-21(17(28)8-20(15)35-36)33-23-34-24(39)38(12-22-31-4-3-5-32-22)25(40)37(23)11-14-6-16(27)19(30)9-18(14)29/h3-10,41H,11-13H2,1-2H3,(H,33,34,39). The quantitative estimate of drug-likeness (QED) is 0.257. The molecular formula is C26H22Cl2F2N8O3. The van der Waals surface area contributed by atoms with Crippen LogP contribution >= 0.6 is 23.2 Å². The summed E-state index contributed by atoms with van der Waals surface area (Å²) in [4.78, 5) is 38.7. The fraction of sp³-hybridized carbons (Fsp3) is 0.231. The van der Waals surface area contributed by atoms with Crippen LogP contribution in [0.1, 0.15) is 25.2 Å². The fourth-order valence-corrected chi connectivity index (χ4v) is 4.49. The Morgan fingerprint density at radius 2 is 1.71 bits per heavy atom. The molecule has 3 heterocycles. The molecule has 11 nitrogen and oxygen atoms in total. The second kappa shape index (κ2) is 11.0. The molecule has 15 heteroatoms. The van der Waals surface area contributed by atoms with Crippen LogP contribution in [0.15, 0.2) is 58.5 Å². The van der Waals surface area contributed by atoms with Crippen molar-refractivity contribution in [3.8, 4) is 0 Å². The van der Waals surface area contributed by atoms with Crippen LogP contribution in [0.2, 0.25) is 10.0 Å². The van der Waals surface area contributed by atoms with E-state index in [1.807, 2.05) is 0 Å². The number of nitrogens with one attached hydrogen (secondary N) is 1. The maximum atomic E-state index is 14.7. The number of benzene rings is 2. The van der Waals surface area contributed by atoms with Crippen LogP contribution in [0.4, 0.5) is 20.4 Å². The van der Waals surface area contributed by atoms with Crippen LogP contribution in [0.5, 0.6) is 0 Å². The van der Waals surface area contributed by atoms with Crippen LogP contribution in [0, 0.1) is 11.6 Å². The molecular weight excluding hydrogens is 581 g/mol. The van der Waals surface area contributed by atoms with Gasteiger partial charge in [0.05, 0.1) is 46.5 Å². The molecule has 0 atom stereocenters. The molecule has 212 valence electrons. The van der Waals surface area contributed by atoms with Gasteiger partial charge < -0.3 is 10.4 Å². The summed E-state index contributed by atoms with van der Waals surface area (Å²) < 4.78 is 31.9. The van der Waals surface area contributed by atoms with Crippen molar-refractivity contribution < 1.29 is 13.9 Å². The van der Waals surface area contributed by atoms with E-state index >= 15 is 0 Å². The molecule has 0 saturated heterocycles. The van der Waals surface area contributed by atoms with E-state index < -0.39 is 35.2 Å². The third kappa shape index (κ3) is 6.26. The van der Waals surface area contributed by atoms with Gasteiger partial charge in [-0.2, -0.15) is 10.1 Å². The van der Waals surface area contributed by atoms with E-state index in [4.69, 9.17) is 23.2 Å². The van der Waals surface area contributed by atoms with Crippen molar-refractivity contribution in [3.05, 3.63) is 103 Å². The molecule has 2 N–H and O–H groups in total. The molecule has 0 spiro atoms. The van der Waals surface area contributed by atoms with E-state index in [-0.39, 0.29) is 46.2 Å². The minimum Gasteiger partial charge on any atom is -0.389 e. The molecule has 2 aromatic carbocycles. The largest absolute Gasteiger partial charge is 0.389 e. The number of nitrogens with zero attached hydrogens (tertiary/aromatic N) is 7. The van der Waals surface area contributed by atoms with E-state index in [0.717, 1.165) is 15.2 Å². The maximum absolute atomic E-state index is 14.7. The van der Waals surface area contributed by atoms with Gasteiger partial charge in [-0.15, -0.1) is 0 Å². The molecule has 5 rings (SSSR count). The SMILES string of the molecule is CC(C)(O)Cn1cc2cc(Nc3nc(=O)n(Cc4ncccn4)c(=O)n3Cc3cc(Cl)c(F)cc3F)c(Cl)cc2n1. The van der Waals surface area contributed by atoms with E-state index in [9.17, 15) is 23.5 Å². The van der Waals surface area contributed by atoms with Crippen molar-refractivity contribution in [1.82, 2.24) is 33.9 Å². The zero-order chi connectivity index (χ0) is 29.5. The summed E-state index contributed by atoms with van der Waals surface area (Å²) in [6.07, 6.45) is 4.60. The highest BCUT2D eigenvalue weighted by molar-refractivity contribution is 6.34. The molecule has 5 aromatic rings. The topological polar surface area (TPSA) is 133 Å². The number of hydrogen-bond acceptors (Lipinski definition) is 8. The van der Waals surface area contributed by atoms with E-state index in [1.165, 1.54) is 12.4 Å². The van der Waals surface area contributed by atoms with Crippen LogP contribution in [0.25, 0.3) is 10.9 Å². The second-order valence-electron chi connectivity index (χ2n) is 9.85. The first-order valence-corrected chi connectivity index (χ1v) is 12.9. The smallest absolute Gasteiger partial charge is 0.355 e. The lowest BCUT2D eigenvalue weighted by atomic mass is 10.1. The van der Waals surface area contributed by atoms with Gasteiger partial charge in [-0.3, -0.25) is 9.25 Å². The molecule has 0 radical (unpaired) electrons. The van der Waals surface area contributed by atoms with Crippen LogP contribution in [-0.2, 0) is 19.6 Å². The second-order valence-corrected chi connectivity index (χ2v) is 10.7. The summed E-state index contributed by atoms with van der Waals surface area (Å²) in [5, 5.41) is 17.9. The van der Waals surface area contributed by atoms with E-state index in [0.29, 0.717) is 17.0 Å². The molecule has 0 bridgehead atoms. The van der Waals surface area contributed by atoms with Gasteiger partial charge in [0, 0.05) is 35.6 Å². The van der Waals surface area contributed by atoms with E-state index in [2.05, 4.69) is 25.4 Å². The minimum atomic E-state index is -1.01. The Labute approximate surface area is 240 Å². The lowest BCUT2D eigenvalue weighted by Gasteiger charge is -2.16. The number of hydrogen-bond donors (Lipinski definition) is 2. The fourth-order valence-electron chi connectivity index (χ4n) is 4.10. The van der Waals surface area contributed by atoms with Crippen molar-refractivity contribution in [1.29, 1.82) is 0 Å². The molecule has 41 heavy (non-hydrogen) atoms. The average Bonchev–Trinajstić information content (AvgIpc) is 3.26. The Hall–Kier alpha value is -4.20. The Balaban J connectivity index is 1.60. The van der Waals surface area contributed by atoms with Gasteiger partial charge in [-0.05, 0) is 38.1 Å². The third-order valence-electron chi connectivity index (χ3n) is 5.92. The monoisotopic (exact) mass is 602 g/mol. The van der Waals surface area contributed by atoms with Crippen LogP contribution < -0.4 is 16.7 Å². The van der Waals surface area contributed by atoms with Gasteiger partial charge in [0.2, 0.25) is 5.95 Å². The number of aromatic nitrogens is 7. The summed E-state index contributed by atoms with van der Waals surface area (Å²) in [5.41, 5.74) is -2.12. The zero-order valence-corrected chi connectivity index (χ0v) is 23.2. The Kier molecular flexibility index (Phi) is 7.60. The summed E-state index contributed by atoms with van der Waals surface area (Å²) >= 11 is 12.4. The van der Waals surface area contributed by atoms with Gasteiger partial charge in [0.15, 0.2) is 0 Å². The zero-order valence-electron chi connectivity index (χ0n) is 21.6. The lowest BCUT2D eigenvalue weighted by Crippen LogP contribution is -2.43. The lowest BCUT2D eigenvalue weighted by molar-refractivity contribution is 0.0580. The molecule has 0 unspecified atom stereocenters. The number of rotatable bonds is 8. The summed E-state index contributed by atoms with van der Waals surface area (Å²) in [5.74, 6) is -2.00. The predicted molar refractivity (Wildman–Crippen MR) is 149 cm³/mol. The molecule has 0 fully saturated rings. The van der Waals surface area contributed by atoms with E-state index in [1.54, 1.807) is 42.9 Å². The first-order valence-electron chi connectivity index (χ1n) is 12.1. The third-order valence-corrected chi connectivity index (χ3v) is 6.52.